The zero-order chi connectivity index (χ0) is 10.8. The smallest absolute Gasteiger partial charge is 0.170 e. The summed E-state index contributed by atoms with van der Waals surface area (Å²) >= 11 is 3.39. The lowest BCUT2D eigenvalue weighted by Crippen LogP contribution is -1.82. The molecule has 1 aromatic heterocycles. The van der Waals surface area contributed by atoms with Crippen LogP contribution >= 0.6 is 15.9 Å². The number of halogens is 1. The Morgan fingerprint density at radius 2 is 2.27 bits per heavy atom. The van der Waals surface area contributed by atoms with E-state index in [-0.39, 0.29) is 0 Å². The fourth-order valence-corrected chi connectivity index (χ4v) is 1.76. The minimum atomic E-state index is 0.463. The van der Waals surface area contributed by atoms with Gasteiger partial charge >= 0.3 is 0 Å². The van der Waals surface area contributed by atoms with Crippen LogP contribution in [-0.4, -0.2) is 16.3 Å². The molecule has 15 heavy (non-hydrogen) atoms. The summed E-state index contributed by atoms with van der Waals surface area (Å²) in [4.78, 5) is 17.9. The quantitative estimate of drug-likeness (QED) is 0.848. The van der Waals surface area contributed by atoms with Gasteiger partial charge in [-0.3, -0.25) is 4.79 Å². The van der Waals surface area contributed by atoms with E-state index < -0.39 is 0 Å². The molecule has 0 aliphatic carbocycles. The first-order chi connectivity index (χ1) is 7.20. The van der Waals surface area contributed by atoms with Gasteiger partial charge < -0.3 is 4.98 Å². The van der Waals surface area contributed by atoms with Gasteiger partial charge in [0.1, 0.15) is 11.5 Å². The molecule has 0 aliphatic heterocycles. The van der Waals surface area contributed by atoms with E-state index in [1.807, 2.05) is 31.2 Å². The second kappa shape index (κ2) is 3.98. The van der Waals surface area contributed by atoms with E-state index >= 15 is 0 Å². The SMILES string of the molecule is Cc1[nH]c(-c2cccc(Br)c2)nc1C=O. The standard InChI is InChI=1S/C11H9BrN2O/c1-7-10(6-15)14-11(13-7)8-3-2-4-9(12)5-8/h2-6H,1H3,(H,13,14). The van der Waals surface area contributed by atoms with Crippen molar-refractivity contribution in [1.82, 2.24) is 9.97 Å². The molecule has 2 aromatic rings. The van der Waals surface area contributed by atoms with Gasteiger partial charge in [-0.25, -0.2) is 4.98 Å². The molecule has 2 rings (SSSR count). The molecular weight excluding hydrogens is 256 g/mol. The molecule has 0 saturated carbocycles. The van der Waals surface area contributed by atoms with E-state index in [0.717, 1.165) is 27.8 Å². The fraction of sp³-hybridized carbons (Fsp3) is 0.0909. The topological polar surface area (TPSA) is 45.8 Å². The Bertz CT molecular complexity index is 505. The fourth-order valence-electron chi connectivity index (χ4n) is 1.36. The van der Waals surface area contributed by atoms with Crippen molar-refractivity contribution in [2.75, 3.05) is 0 Å². The van der Waals surface area contributed by atoms with Crippen LogP contribution in [0.25, 0.3) is 11.4 Å². The Hall–Kier alpha value is -1.42. The number of benzene rings is 1. The second-order valence-corrected chi connectivity index (χ2v) is 4.14. The van der Waals surface area contributed by atoms with E-state index in [0.29, 0.717) is 5.69 Å². The first-order valence-corrected chi connectivity index (χ1v) is 5.27. The van der Waals surface area contributed by atoms with Crippen molar-refractivity contribution >= 4 is 22.2 Å². The number of nitrogens with zero attached hydrogens (tertiary/aromatic N) is 1. The number of rotatable bonds is 2. The van der Waals surface area contributed by atoms with Crippen molar-refractivity contribution in [3.8, 4) is 11.4 Å². The van der Waals surface area contributed by atoms with Crippen molar-refractivity contribution in [3.05, 3.63) is 40.1 Å². The molecule has 0 aliphatic rings. The number of aromatic nitrogens is 2. The molecule has 1 N–H and O–H groups in total. The highest BCUT2D eigenvalue weighted by atomic mass is 79.9. The minimum Gasteiger partial charge on any atom is -0.341 e. The van der Waals surface area contributed by atoms with Crippen molar-refractivity contribution in [1.29, 1.82) is 0 Å². The van der Waals surface area contributed by atoms with Gasteiger partial charge in [-0.2, -0.15) is 0 Å². The van der Waals surface area contributed by atoms with Crippen molar-refractivity contribution in [3.63, 3.8) is 0 Å². The molecule has 0 atom stereocenters. The first kappa shape index (κ1) is 10.1. The molecule has 4 heteroatoms. The van der Waals surface area contributed by atoms with Crippen LogP contribution in [0.2, 0.25) is 0 Å². The molecule has 0 radical (unpaired) electrons. The van der Waals surface area contributed by atoms with Gasteiger partial charge in [-0.05, 0) is 19.1 Å². The summed E-state index contributed by atoms with van der Waals surface area (Å²) in [7, 11) is 0. The Balaban J connectivity index is 2.49. The highest BCUT2D eigenvalue weighted by Gasteiger charge is 2.07. The van der Waals surface area contributed by atoms with E-state index in [1.54, 1.807) is 0 Å². The number of nitrogens with one attached hydrogen (secondary N) is 1. The lowest BCUT2D eigenvalue weighted by Gasteiger charge is -1.96. The summed E-state index contributed by atoms with van der Waals surface area (Å²) in [5.74, 6) is 0.718. The number of aldehydes is 1. The van der Waals surface area contributed by atoms with Gasteiger partial charge in [0.25, 0.3) is 0 Å². The van der Waals surface area contributed by atoms with Gasteiger partial charge in [0.15, 0.2) is 6.29 Å². The monoisotopic (exact) mass is 264 g/mol. The molecule has 0 unspecified atom stereocenters. The predicted molar refractivity (Wildman–Crippen MR) is 61.8 cm³/mol. The number of imidazole rings is 1. The third kappa shape index (κ3) is 1.99. The number of aromatic amines is 1. The summed E-state index contributed by atoms with van der Waals surface area (Å²) in [5.41, 5.74) is 2.21. The Morgan fingerprint density at radius 1 is 1.47 bits per heavy atom. The van der Waals surface area contributed by atoms with Crippen molar-refractivity contribution < 1.29 is 4.79 Å². The maximum atomic E-state index is 10.6. The van der Waals surface area contributed by atoms with Crippen molar-refractivity contribution in [2.24, 2.45) is 0 Å². The minimum absolute atomic E-state index is 0.463. The molecular formula is C11H9BrN2O. The Kier molecular flexibility index (Phi) is 2.68. The molecule has 0 bridgehead atoms. The van der Waals surface area contributed by atoms with Gasteiger partial charge in [0.05, 0.1) is 0 Å². The Labute approximate surface area is 95.7 Å². The largest absolute Gasteiger partial charge is 0.341 e. The first-order valence-electron chi connectivity index (χ1n) is 4.48. The van der Waals surface area contributed by atoms with Crippen LogP contribution in [0.5, 0.6) is 0 Å². The average molecular weight is 265 g/mol. The van der Waals surface area contributed by atoms with E-state index in [1.165, 1.54) is 0 Å². The van der Waals surface area contributed by atoms with Gasteiger partial charge in [0, 0.05) is 15.7 Å². The molecule has 3 nitrogen and oxygen atoms in total. The van der Waals surface area contributed by atoms with Crippen LogP contribution < -0.4 is 0 Å². The summed E-state index contributed by atoms with van der Waals surface area (Å²) in [6, 6.07) is 7.77. The molecule has 76 valence electrons. The number of carbonyl (C=O) groups excluding carboxylic acids is 1. The van der Waals surface area contributed by atoms with Crippen molar-refractivity contribution in [2.45, 2.75) is 6.92 Å². The van der Waals surface area contributed by atoms with Crippen LogP contribution in [0.1, 0.15) is 16.2 Å². The average Bonchev–Trinajstić information content (AvgIpc) is 2.60. The van der Waals surface area contributed by atoms with Crippen LogP contribution in [0, 0.1) is 6.92 Å². The van der Waals surface area contributed by atoms with Crippen LogP contribution in [-0.2, 0) is 0 Å². The molecule has 0 spiro atoms. The molecule has 0 amide bonds. The van der Waals surface area contributed by atoms with E-state index in [2.05, 4.69) is 25.9 Å². The van der Waals surface area contributed by atoms with Crippen LogP contribution in [0.4, 0.5) is 0 Å². The summed E-state index contributed by atoms with van der Waals surface area (Å²) in [6.07, 6.45) is 0.757. The van der Waals surface area contributed by atoms with E-state index in [9.17, 15) is 4.79 Å². The molecule has 1 heterocycles. The summed E-state index contributed by atoms with van der Waals surface area (Å²) < 4.78 is 0.988. The van der Waals surface area contributed by atoms with Gasteiger partial charge in [-0.15, -0.1) is 0 Å². The summed E-state index contributed by atoms with van der Waals surface area (Å²) in [6.45, 7) is 1.83. The van der Waals surface area contributed by atoms with Gasteiger partial charge in [0.2, 0.25) is 0 Å². The third-order valence-corrected chi connectivity index (χ3v) is 2.63. The van der Waals surface area contributed by atoms with E-state index in [4.69, 9.17) is 0 Å². The predicted octanol–water partition coefficient (Wildman–Crippen LogP) is 2.96. The normalized spacial score (nSPS) is 10.3. The van der Waals surface area contributed by atoms with Crippen LogP contribution in [0.15, 0.2) is 28.7 Å². The number of hydrogen-bond donors (Lipinski definition) is 1. The van der Waals surface area contributed by atoms with Gasteiger partial charge in [-0.1, -0.05) is 28.1 Å². The Morgan fingerprint density at radius 3 is 2.87 bits per heavy atom. The lowest BCUT2D eigenvalue weighted by molar-refractivity contribution is 0.111. The van der Waals surface area contributed by atoms with Crippen LogP contribution in [0.3, 0.4) is 0 Å². The summed E-state index contributed by atoms with van der Waals surface area (Å²) in [5, 5.41) is 0. The highest BCUT2D eigenvalue weighted by molar-refractivity contribution is 9.10. The molecule has 0 fully saturated rings. The zero-order valence-corrected chi connectivity index (χ0v) is 9.71. The number of carbonyl (C=O) groups is 1. The highest BCUT2D eigenvalue weighted by Crippen LogP contribution is 2.21. The number of H-pyrrole nitrogens is 1. The maximum Gasteiger partial charge on any atom is 0.170 e. The second-order valence-electron chi connectivity index (χ2n) is 3.22. The maximum absolute atomic E-state index is 10.6. The molecule has 1 aromatic carbocycles. The number of aryl methyl sites for hydroxylation is 1. The number of hydrogen-bond acceptors (Lipinski definition) is 2. The molecule has 0 saturated heterocycles. The zero-order valence-electron chi connectivity index (χ0n) is 8.12. The lowest BCUT2D eigenvalue weighted by atomic mass is 10.2. The third-order valence-electron chi connectivity index (χ3n) is 2.13.